The van der Waals surface area contributed by atoms with Crippen molar-refractivity contribution in [2.75, 3.05) is 4.90 Å². The van der Waals surface area contributed by atoms with Gasteiger partial charge in [0.2, 0.25) is 11.9 Å². The fraction of sp³-hybridized carbons (Fsp3) is 0.100. The number of amides is 1. The Morgan fingerprint density at radius 3 is 2.24 bits per heavy atom. The maximum atomic E-state index is 11.4. The average molecular weight is 256 g/mol. The highest BCUT2D eigenvalue weighted by atomic mass is 35.5. The SMILES string of the molecule is CC(=O)N(C(=N)N=C(N)N)c1ccccc1.Cl. The van der Waals surface area contributed by atoms with Crippen LogP contribution in [-0.4, -0.2) is 17.8 Å². The number of carbonyl (C=O) groups is 1. The van der Waals surface area contributed by atoms with Crippen LogP contribution in [0, 0.1) is 5.41 Å². The molecule has 0 unspecified atom stereocenters. The predicted molar refractivity (Wildman–Crippen MR) is 70.4 cm³/mol. The molecule has 0 radical (unpaired) electrons. The van der Waals surface area contributed by atoms with Crippen molar-refractivity contribution >= 4 is 35.9 Å². The zero-order valence-electron chi connectivity index (χ0n) is 9.25. The highest BCUT2D eigenvalue weighted by Gasteiger charge is 2.16. The van der Waals surface area contributed by atoms with E-state index in [0.717, 1.165) is 4.90 Å². The molecular weight excluding hydrogens is 242 g/mol. The maximum Gasteiger partial charge on any atom is 0.232 e. The summed E-state index contributed by atoms with van der Waals surface area (Å²) in [5, 5.41) is 7.60. The first-order valence-electron chi connectivity index (χ1n) is 4.56. The van der Waals surface area contributed by atoms with Gasteiger partial charge in [-0.05, 0) is 12.1 Å². The summed E-state index contributed by atoms with van der Waals surface area (Å²) in [4.78, 5) is 16.0. The molecule has 0 spiro atoms. The predicted octanol–water partition coefficient (Wildman–Crippen LogP) is 0.669. The molecule has 0 aliphatic heterocycles. The van der Waals surface area contributed by atoms with Gasteiger partial charge in [0.05, 0.1) is 5.69 Å². The van der Waals surface area contributed by atoms with E-state index in [0.29, 0.717) is 5.69 Å². The van der Waals surface area contributed by atoms with Crippen LogP contribution in [0.25, 0.3) is 0 Å². The van der Waals surface area contributed by atoms with Crippen LogP contribution < -0.4 is 16.4 Å². The van der Waals surface area contributed by atoms with Crippen LogP contribution >= 0.6 is 12.4 Å². The minimum Gasteiger partial charge on any atom is -0.370 e. The highest BCUT2D eigenvalue weighted by molar-refractivity contribution is 6.16. The van der Waals surface area contributed by atoms with E-state index >= 15 is 0 Å². The summed E-state index contributed by atoms with van der Waals surface area (Å²) in [6.45, 7) is 1.34. The van der Waals surface area contributed by atoms with Crippen LogP contribution in [0.2, 0.25) is 0 Å². The van der Waals surface area contributed by atoms with Gasteiger partial charge in [-0.2, -0.15) is 4.99 Å². The first-order valence-corrected chi connectivity index (χ1v) is 4.56. The molecule has 0 aromatic heterocycles. The molecule has 6 nitrogen and oxygen atoms in total. The molecule has 5 N–H and O–H groups in total. The lowest BCUT2D eigenvalue weighted by Crippen LogP contribution is -2.36. The minimum atomic E-state index is -0.332. The van der Waals surface area contributed by atoms with Gasteiger partial charge in [-0.25, -0.2) is 4.90 Å². The molecule has 1 rings (SSSR count). The molecule has 0 heterocycles. The molecule has 0 saturated heterocycles. The number of nitrogens with two attached hydrogens (primary N) is 2. The molecule has 17 heavy (non-hydrogen) atoms. The van der Waals surface area contributed by atoms with Crippen LogP contribution in [0.5, 0.6) is 0 Å². The van der Waals surface area contributed by atoms with Crippen molar-refractivity contribution in [3.05, 3.63) is 30.3 Å². The van der Waals surface area contributed by atoms with E-state index in [9.17, 15) is 4.79 Å². The molecule has 0 bridgehead atoms. The van der Waals surface area contributed by atoms with Crippen molar-refractivity contribution in [3.8, 4) is 0 Å². The van der Waals surface area contributed by atoms with Gasteiger partial charge in [-0.15, -0.1) is 12.4 Å². The first-order chi connectivity index (χ1) is 7.52. The van der Waals surface area contributed by atoms with Crippen molar-refractivity contribution in [1.29, 1.82) is 5.41 Å². The second kappa shape index (κ2) is 6.49. The van der Waals surface area contributed by atoms with E-state index in [1.54, 1.807) is 24.3 Å². The molecule has 0 fully saturated rings. The maximum absolute atomic E-state index is 11.4. The molecule has 92 valence electrons. The molecule has 7 heteroatoms. The summed E-state index contributed by atoms with van der Waals surface area (Å²) in [6, 6.07) is 8.71. The minimum absolute atomic E-state index is 0. The Labute approximate surface area is 105 Å². The van der Waals surface area contributed by atoms with Crippen molar-refractivity contribution in [2.45, 2.75) is 6.92 Å². The Bertz CT molecular complexity index is 428. The van der Waals surface area contributed by atoms with E-state index in [1.807, 2.05) is 6.07 Å². The molecule has 0 saturated carbocycles. The quantitative estimate of drug-likeness (QED) is 0.507. The zero-order valence-corrected chi connectivity index (χ0v) is 10.1. The lowest BCUT2D eigenvalue weighted by atomic mass is 10.3. The fourth-order valence-electron chi connectivity index (χ4n) is 1.20. The Morgan fingerprint density at radius 1 is 1.29 bits per heavy atom. The molecule has 1 aromatic rings. The van der Waals surface area contributed by atoms with Gasteiger partial charge in [0, 0.05) is 6.92 Å². The summed E-state index contributed by atoms with van der Waals surface area (Å²) < 4.78 is 0. The Morgan fingerprint density at radius 2 is 1.82 bits per heavy atom. The number of halogens is 1. The molecule has 1 amide bonds. The largest absolute Gasteiger partial charge is 0.370 e. The summed E-state index contributed by atoms with van der Waals surface area (Å²) >= 11 is 0. The van der Waals surface area contributed by atoms with Gasteiger partial charge in [-0.1, -0.05) is 18.2 Å². The normalized spacial score (nSPS) is 8.76. The number of para-hydroxylation sites is 1. The van der Waals surface area contributed by atoms with Gasteiger partial charge in [-0.3, -0.25) is 10.2 Å². The van der Waals surface area contributed by atoms with Crippen LogP contribution in [0.1, 0.15) is 6.92 Å². The van der Waals surface area contributed by atoms with Crippen LogP contribution in [-0.2, 0) is 4.79 Å². The Hall–Kier alpha value is -2.08. The lowest BCUT2D eigenvalue weighted by molar-refractivity contribution is -0.115. The average Bonchev–Trinajstić information content (AvgIpc) is 2.17. The topological polar surface area (TPSA) is 109 Å². The molecule has 0 atom stereocenters. The lowest BCUT2D eigenvalue weighted by Gasteiger charge is -2.18. The number of hydrogen-bond donors (Lipinski definition) is 3. The third-order valence-corrected chi connectivity index (χ3v) is 1.78. The van der Waals surface area contributed by atoms with Crippen LogP contribution in [0.3, 0.4) is 0 Å². The van der Waals surface area contributed by atoms with Gasteiger partial charge in [0.15, 0.2) is 5.96 Å². The van der Waals surface area contributed by atoms with Gasteiger partial charge in [0.25, 0.3) is 0 Å². The second-order valence-electron chi connectivity index (χ2n) is 3.05. The number of nitrogens with one attached hydrogen (secondary N) is 1. The molecule has 1 aromatic carbocycles. The molecule has 0 aliphatic rings. The third kappa shape index (κ3) is 4.12. The Kier molecular flexibility index (Phi) is 5.70. The smallest absolute Gasteiger partial charge is 0.232 e. The van der Waals surface area contributed by atoms with Crippen molar-refractivity contribution in [2.24, 2.45) is 16.5 Å². The monoisotopic (exact) mass is 255 g/mol. The van der Waals surface area contributed by atoms with E-state index in [-0.39, 0.29) is 30.2 Å². The van der Waals surface area contributed by atoms with Crippen LogP contribution in [0.15, 0.2) is 35.3 Å². The zero-order chi connectivity index (χ0) is 12.1. The van der Waals surface area contributed by atoms with Crippen molar-refractivity contribution in [1.82, 2.24) is 0 Å². The van der Waals surface area contributed by atoms with E-state index in [2.05, 4.69) is 4.99 Å². The van der Waals surface area contributed by atoms with Crippen molar-refractivity contribution < 1.29 is 4.79 Å². The van der Waals surface area contributed by atoms with Gasteiger partial charge >= 0.3 is 0 Å². The van der Waals surface area contributed by atoms with E-state index in [1.165, 1.54) is 6.92 Å². The number of carbonyl (C=O) groups excluding carboxylic acids is 1. The number of hydrogen-bond acceptors (Lipinski definition) is 2. The van der Waals surface area contributed by atoms with E-state index < -0.39 is 0 Å². The summed E-state index contributed by atoms with van der Waals surface area (Å²) in [6.07, 6.45) is 0. The number of nitrogens with zero attached hydrogens (tertiary/aromatic N) is 2. The van der Waals surface area contributed by atoms with Gasteiger partial charge < -0.3 is 11.5 Å². The van der Waals surface area contributed by atoms with Crippen molar-refractivity contribution in [3.63, 3.8) is 0 Å². The van der Waals surface area contributed by atoms with Crippen LogP contribution in [0.4, 0.5) is 5.69 Å². The highest BCUT2D eigenvalue weighted by Crippen LogP contribution is 2.13. The fourth-order valence-corrected chi connectivity index (χ4v) is 1.20. The molecular formula is C10H14ClN5O. The van der Waals surface area contributed by atoms with E-state index in [4.69, 9.17) is 16.9 Å². The number of guanidine groups is 2. The summed E-state index contributed by atoms with van der Waals surface area (Å²) in [5.41, 5.74) is 10.9. The number of anilines is 1. The number of aliphatic imine (C=N–C) groups is 1. The number of benzene rings is 1. The van der Waals surface area contributed by atoms with Gasteiger partial charge in [0.1, 0.15) is 0 Å². The third-order valence-electron chi connectivity index (χ3n) is 1.78. The second-order valence-corrected chi connectivity index (χ2v) is 3.05. The summed E-state index contributed by atoms with van der Waals surface area (Å²) in [7, 11) is 0. The number of rotatable bonds is 1. The first kappa shape index (κ1) is 14.9. The summed E-state index contributed by atoms with van der Waals surface area (Å²) in [5.74, 6) is -0.896. The molecule has 0 aliphatic carbocycles. The Balaban J connectivity index is 0.00000256. The standard InChI is InChI=1S/C10H13N5O.ClH/c1-7(16)15(10(13)14-9(11)12)8-5-3-2-4-6-8;/h2-6H,1H3,(H5,11,12,13,14);1H.